The minimum Gasteiger partial charge on any atom is -0.259 e. The predicted molar refractivity (Wildman–Crippen MR) is 67.4 cm³/mol. The first-order valence-electron chi connectivity index (χ1n) is 6.10. The zero-order valence-electron chi connectivity index (χ0n) is 9.82. The second kappa shape index (κ2) is 5.59. The number of aromatic nitrogens is 2. The van der Waals surface area contributed by atoms with Gasteiger partial charge in [-0.15, -0.1) is 0 Å². The maximum atomic E-state index is 4.44. The van der Waals surface area contributed by atoms with Gasteiger partial charge in [-0.3, -0.25) is 9.97 Å². The molecule has 0 aliphatic carbocycles. The van der Waals surface area contributed by atoms with Crippen LogP contribution in [0.2, 0.25) is 0 Å². The summed E-state index contributed by atoms with van der Waals surface area (Å²) in [5, 5.41) is 1.20. The number of nitrogens with zero attached hydrogens (tertiary/aromatic N) is 2. The summed E-state index contributed by atoms with van der Waals surface area (Å²) in [6, 6.07) is 6.23. The standard InChI is InChI=1S/C14H18N2/c1-2-3-4-5-8-13-10-12-7-6-9-15-14(12)11-16-13/h6-7,9-11H,2-5,8H2,1H3. The summed E-state index contributed by atoms with van der Waals surface area (Å²) in [6.45, 7) is 2.24. The van der Waals surface area contributed by atoms with Gasteiger partial charge in [-0.25, -0.2) is 0 Å². The molecule has 16 heavy (non-hydrogen) atoms. The molecular weight excluding hydrogens is 196 g/mol. The lowest BCUT2D eigenvalue weighted by Gasteiger charge is -2.02. The molecule has 0 aliphatic rings. The monoisotopic (exact) mass is 214 g/mol. The highest BCUT2D eigenvalue weighted by Gasteiger charge is 1.98. The average molecular weight is 214 g/mol. The fraction of sp³-hybridized carbons (Fsp3) is 0.429. The van der Waals surface area contributed by atoms with Gasteiger partial charge in [0.25, 0.3) is 0 Å². The van der Waals surface area contributed by atoms with Crippen LogP contribution in [0.3, 0.4) is 0 Å². The van der Waals surface area contributed by atoms with Crippen LogP contribution in [0.1, 0.15) is 38.3 Å². The smallest absolute Gasteiger partial charge is 0.0885 e. The lowest BCUT2D eigenvalue weighted by Crippen LogP contribution is -1.91. The van der Waals surface area contributed by atoms with Crippen molar-refractivity contribution < 1.29 is 0 Å². The van der Waals surface area contributed by atoms with Crippen LogP contribution < -0.4 is 0 Å². The van der Waals surface area contributed by atoms with E-state index >= 15 is 0 Å². The number of pyridine rings is 2. The van der Waals surface area contributed by atoms with E-state index in [4.69, 9.17) is 0 Å². The highest BCUT2D eigenvalue weighted by molar-refractivity contribution is 5.77. The second-order valence-corrected chi connectivity index (χ2v) is 4.18. The Labute approximate surface area is 96.7 Å². The minimum atomic E-state index is 0.986. The molecule has 0 aliphatic heterocycles. The van der Waals surface area contributed by atoms with Crippen LogP contribution in [0.25, 0.3) is 10.9 Å². The van der Waals surface area contributed by atoms with Crippen molar-refractivity contribution in [2.24, 2.45) is 0 Å². The van der Waals surface area contributed by atoms with Crippen LogP contribution in [0.4, 0.5) is 0 Å². The second-order valence-electron chi connectivity index (χ2n) is 4.18. The number of rotatable bonds is 5. The summed E-state index contributed by atoms with van der Waals surface area (Å²) < 4.78 is 0. The van der Waals surface area contributed by atoms with Crippen LogP contribution >= 0.6 is 0 Å². The summed E-state index contributed by atoms with van der Waals surface area (Å²) >= 11 is 0. The summed E-state index contributed by atoms with van der Waals surface area (Å²) in [5.41, 5.74) is 2.18. The molecule has 0 atom stereocenters. The average Bonchev–Trinajstić information content (AvgIpc) is 2.34. The van der Waals surface area contributed by atoms with Gasteiger partial charge in [0.15, 0.2) is 0 Å². The lowest BCUT2D eigenvalue weighted by atomic mass is 10.1. The minimum absolute atomic E-state index is 0.986. The number of hydrogen-bond acceptors (Lipinski definition) is 2. The summed E-state index contributed by atoms with van der Waals surface area (Å²) in [6.07, 6.45) is 9.94. The molecule has 2 heterocycles. The first-order chi connectivity index (χ1) is 7.90. The molecule has 0 bridgehead atoms. The van der Waals surface area contributed by atoms with Gasteiger partial charge >= 0.3 is 0 Å². The molecule has 0 aromatic carbocycles. The van der Waals surface area contributed by atoms with Crippen LogP contribution in [-0.2, 0) is 6.42 Å². The van der Waals surface area contributed by atoms with Crippen molar-refractivity contribution >= 4 is 10.9 Å². The molecule has 0 radical (unpaired) electrons. The molecule has 2 heteroatoms. The third kappa shape index (κ3) is 2.78. The van der Waals surface area contributed by atoms with Gasteiger partial charge in [-0.05, 0) is 25.0 Å². The van der Waals surface area contributed by atoms with Gasteiger partial charge in [0.05, 0.1) is 11.7 Å². The summed E-state index contributed by atoms with van der Waals surface area (Å²) in [4.78, 5) is 8.71. The van der Waals surface area contributed by atoms with E-state index in [1.165, 1.54) is 36.8 Å². The van der Waals surface area contributed by atoms with Crippen LogP contribution in [-0.4, -0.2) is 9.97 Å². The first kappa shape index (κ1) is 11.1. The fourth-order valence-corrected chi connectivity index (χ4v) is 1.89. The topological polar surface area (TPSA) is 25.8 Å². The molecule has 0 amide bonds. The maximum Gasteiger partial charge on any atom is 0.0885 e. The van der Waals surface area contributed by atoms with Crippen molar-refractivity contribution in [3.05, 3.63) is 36.3 Å². The lowest BCUT2D eigenvalue weighted by molar-refractivity contribution is 0.661. The molecule has 2 aromatic heterocycles. The van der Waals surface area contributed by atoms with E-state index in [9.17, 15) is 0 Å². The van der Waals surface area contributed by atoms with Crippen LogP contribution in [0, 0.1) is 0 Å². The predicted octanol–water partition coefficient (Wildman–Crippen LogP) is 3.75. The third-order valence-electron chi connectivity index (χ3n) is 2.83. The quantitative estimate of drug-likeness (QED) is 0.708. The molecule has 0 spiro atoms. The van der Waals surface area contributed by atoms with Crippen molar-refractivity contribution in [2.45, 2.75) is 39.0 Å². The molecule has 0 saturated carbocycles. The van der Waals surface area contributed by atoms with E-state index < -0.39 is 0 Å². The Balaban J connectivity index is 2.02. The van der Waals surface area contributed by atoms with Gasteiger partial charge in [0.1, 0.15) is 0 Å². The van der Waals surface area contributed by atoms with E-state index in [-0.39, 0.29) is 0 Å². The number of aryl methyl sites for hydroxylation is 1. The van der Waals surface area contributed by atoms with E-state index in [2.05, 4.69) is 29.0 Å². The Morgan fingerprint density at radius 3 is 2.94 bits per heavy atom. The zero-order valence-corrected chi connectivity index (χ0v) is 9.82. The highest BCUT2D eigenvalue weighted by Crippen LogP contribution is 2.13. The molecule has 2 nitrogen and oxygen atoms in total. The first-order valence-corrected chi connectivity index (χ1v) is 6.10. The molecule has 0 saturated heterocycles. The molecule has 0 unspecified atom stereocenters. The third-order valence-corrected chi connectivity index (χ3v) is 2.83. The maximum absolute atomic E-state index is 4.44. The van der Waals surface area contributed by atoms with Gasteiger partial charge in [0, 0.05) is 17.3 Å². The Bertz CT molecular complexity index is 451. The van der Waals surface area contributed by atoms with E-state index in [1.54, 1.807) is 0 Å². The van der Waals surface area contributed by atoms with Crippen molar-refractivity contribution in [3.8, 4) is 0 Å². The van der Waals surface area contributed by atoms with E-state index in [0.29, 0.717) is 0 Å². The van der Waals surface area contributed by atoms with E-state index in [1.807, 2.05) is 18.5 Å². The molecule has 0 N–H and O–H groups in total. The van der Waals surface area contributed by atoms with Gasteiger partial charge in [0.2, 0.25) is 0 Å². The van der Waals surface area contributed by atoms with E-state index in [0.717, 1.165) is 11.9 Å². The highest BCUT2D eigenvalue weighted by atomic mass is 14.7. The Morgan fingerprint density at radius 2 is 2.06 bits per heavy atom. The van der Waals surface area contributed by atoms with Crippen molar-refractivity contribution in [1.29, 1.82) is 0 Å². The Kier molecular flexibility index (Phi) is 3.86. The molecule has 0 fully saturated rings. The molecule has 84 valence electrons. The fourth-order valence-electron chi connectivity index (χ4n) is 1.89. The van der Waals surface area contributed by atoms with Crippen molar-refractivity contribution in [2.75, 3.05) is 0 Å². The van der Waals surface area contributed by atoms with Crippen molar-refractivity contribution in [3.63, 3.8) is 0 Å². The molecule has 2 rings (SSSR count). The number of fused-ring (bicyclic) bond motifs is 1. The van der Waals surface area contributed by atoms with Gasteiger partial charge in [-0.1, -0.05) is 32.3 Å². The van der Waals surface area contributed by atoms with Crippen molar-refractivity contribution in [1.82, 2.24) is 9.97 Å². The van der Waals surface area contributed by atoms with Crippen LogP contribution in [0.5, 0.6) is 0 Å². The number of hydrogen-bond donors (Lipinski definition) is 0. The number of unbranched alkanes of at least 4 members (excludes halogenated alkanes) is 3. The SMILES string of the molecule is CCCCCCc1cc2cccnc2cn1. The zero-order chi connectivity index (χ0) is 11.2. The summed E-state index contributed by atoms with van der Waals surface area (Å²) in [7, 11) is 0. The Hall–Kier alpha value is -1.44. The van der Waals surface area contributed by atoms with Gasteiger partial charge in [-0.2, -0.15) is 0 Å². The Morgan fingerprint density at radius 1 is 1.12 bits per heavy atom. The summed E-state index contributed by atoms with van der Waals surface area (Å²) in [5.74, 6) is 0. The largest absolute Gasteiger partial charge is 0.259 e. The molecule has 2 aromatic rings. The molecular formula is C14H18N2. The normalized spacial score (nSPS) is 10.8. The van der Waals surface area contributed by atoms with Gasteiger partial charge < -0.3 is 0 Å². The van der Waals surface area contributed by atoms with Crippen LogP contribution in [0.15, 0.2) is 30.6 Å².